The van der Waals surface area contributed by atoms with Gasteiger partial charge in [-0.15, -0.1) is 0 Å². The average molecular weight is 219 g/mol. The monoisotopic (exact) mass is 219 g/mol. The van der Waals surface area contributed by atoms with Crippen LogP contribution in [-0.4, -0.2) is 11.9 Å². The highest BCUT2D eigenvalue weighted by Gasteiger charge is 2.00. The van der Waals surface area contributed by atoms with Gasteiger partial charge in [0.2, 0.25) is 0 Å². The van der Waals surface area contributed by atoms with E-state index in [1.165, 1.54) is 12.3 Å². The standard InChI is InChI=1S/C12H13NO3/c1-2-10(14)8-9-13-12(15)16-11-6-4-3-5-7-11/h3-9H,2H2,1H3,(H,13,15)/b9-8-. The molecule has 0 unspecified atom stereocenters. The molecule has 0 aliphatic heterocycles. The molecule has 0 heterocycles. The summed E-state index contributed by atoms with van der Waals surface area (Å²) in [5.74, 6) is 0.398. The summed E-state index contributed by atoms with van der Waals surface area (Å²) >= 11 is 0. The Hall–Kier alpha value is -2.10. The van der Waals surface area contributed by atoms with E-state index in [2.05, 4.69) is 5.32 Å². The van der Waals surface area contributed by atoms with Crippen molar-refractivity contribution in [1.29, 1.82) is 0 Å². The predicted octanol–water partition coefficient (Wildman–Crippen LogP) is 2.27. The van der Waals surface area contributed by atoms with E-state index in [0.717, 1.165) is 0 Å². The third-order valence-corrected chi connectivity index (χ3v) is 1.77. The molecule has 0 radical (unpaired) electrons. The van der Waals surface area contributed by atoms with Crippen LogP contribution in [0.4, 0.5) is 4.79 Å². The van der Waals surface area contributed by atoms with Gasteiger partial charge in [-0.1, -0.05) is 25.1 Å². The summed E-state index contributed by atoms with van der Waals surface area (Å²) in [5, 5.41) is 2.33. The second-order valence-electron chi connectivity index (χ2n) is 3.00. The van der Waals surface area contributed by atoms with E-state index in [0.29, 0.717) is 12.2 Å². The molecule has 0 fully saturated rings. The quantitative estimate of drug-likeness (QED) is 0.790. The Morgan fingerprint density at radius 2 is 2.00 bits per heavy atom. The van der Waals surface area contributed by atoms with Crippen molar-refractivity contribution in [2.75, 3.05) is 0 Å². The Bertz CT molecular complexity index is 385. The maximum absolute atomic E-state index is 11.2. The Kier molecular flexibility index (Phi) is 4.79. The highest BCUT2D eigenvalue weighted by atomic mass is 16.5. The first-order chi connectivity index (χ1) is 7.72. The number of ether oxygens (including phenoxy) is 1. The van der Waals surface area contributed by atoms with Crippen molar-refractivity contribution < 1.29 is 14.3 Å². The summed E-state index contributed by atoms with van der Waals surface area (Å²) in [6.45, 7) is 1.75. The maximum Gasteiger partial charge on any atom is 0.416 e. The minimum absolute atomic E-state index is 0.0555. The summed E-state index contributed by atoms with van der Waals surface area (Å²) in [7, 11) is 0. The molecule has 0 spiro atoms. The summed E-state index contributed by atoms with van der Waals surface area (Å²) in [5.41, 5.74) is 0. The molecule has 1 rings (SSSR count). The van der Waals surface area contributed by atoms with E-state index in [9.17, 15) is 9.59 Å². The van der Waals surface area contributed by atoms with Crippen LogP contribution < -0.4 is 10.1 Å². The molecule has 0 bridgehead atoms. The van der Waals surface area contributed by atoms with Gasteiger partial charge in [-0.3, -0.25) is 10.1 Å². The molecule has 0 saturated heterocycles. The minimum Gasteiger partial charge on any atom is -0.410 e. The van der Waals surface area contributed by atoms with Crippen molar-refractivity contribution in [3.05, 3.63) is 42.6 Å². The zero-order chi connectivity index (χ0) is 11.8. The van der Waals surface area contributed by atoms with Crippen LogP contribution in [0.25, 0.3) is 0 Å². The first-order valence-electron chi connectivity index (χ1n) is 4.95. The summed E-state index contributed by atoms with van der Waals surface area (Å²) in [6.07, 6.45) is 2.36. The van der Waals surface area contributed by atoms with Gasteiger partial charge in [0, 0.05) is 12.6 Å². The van der Waals surface area contributed by atoms with Crippen molar-refractivity contribution in [2.45, 2.75) is 13.3 Å². The molecule has 1 amide bonds. The van der Waals surface area contributed by atoms with Crippen molar-refractivity contribution in [3.63, 3.8) is 0 Å². The summed E-state index contributed by atoms with van der Waals surface area (Å²) in [6, 6.07) is 8.68. The normalized spacial score (nSPS) is 10.1. The fourth-order valence-corrected chi connectivity index (χ4v) is 0.946. The van der Waals surface area contributed by atoms with Crippen molar-refractivity contribution in [3.8, 4) is 5.75 Å². The van der Waals surface area contributed by atoms with Crippen LogP contribution in [0.3, 0.4) is 0 Å². The van der Waals surface area contributed by atoms with Crippen LogP contribution in [0.5, 0.6) is 5.75 Å². The Labute approximate surface area is 93.9 Å². The summed E-state index contributed by atoms with van der Waals surface area (Å²) < 4.78 is 4.92. The highest BCUT2D eigenvalue weighted by Crippen LogP contribution is 2.07. The van der Waals surface area contributed by atoms with Gasteiger partial charge in [0.15, 0.2) is 5.78 Å². The number of para-hydroxylation sites is 1. The van der Waals surface area contributed by atoms with Gasteiger partial charge in [0.1, 0.15) is 5.75 Å². The third kappa shape index (κ3) is 4.41. The first-order valence-corrected chi connectivity index (χ1v) is 4.95. The lowest BCUT2D eigenvalue weighted by molar-refractivity contribution is -0.114. The molecule has 0 saturated carbocycles. The lowest BCUT2D eigenvalue weighted by Crippen LogP contribution is -2.21. The highest BCUT2D eigenvalue weighted by molar-refractivity contribution is 5.89. The van der Waals surface area contributed by atoms with E-state index in [1.54, 1.807) is 31.2 Å². The second kappa shape index (κ2) is 6.40. The molecular weight excluding hydrogens is 206 g/mol. The van der Waals surface area contributed by atoms with Gasteiger partial charge in [-0.05, 0) is 18.2 Å². The number of carbonyl (C=O) groups is 2. The van der Waals surface area contributed by atoms with Crippen molar-refractivity contribution in [2.24, 2.45) is 0 Å². The SMILES string of the molecule is CCC(=O)/C=C\NC(=O)Oc1ccccc1. The summed E-state index contributed by atoms with van der Waals surface area (Å²) in [4.78, 5) is 22.1. The molecule has 0 aliphatic carbocycles. The molecule has 4 nitrogen and oxygen atoms in total. The number of hydrogen-bond acceptors (Lipinski definition) is 3. The smallest absolute Gasteiger partial charge is 0.410 e. The largest absolute Gasteiger partial charge is 0.416 e. The molecule has 84 valence electrons. The number of benzene rings is 1. The van der Waals surface area contributed by atoms with Crippen molar-refractivity contribution >= 4 is 11.9 Å². The van der Waals surface area contributed by atoms with E-state index in [-0.39, 0.29) is 5.78 Å². The number of nitrogens with one attached hydrogen (secondary N) is 1. The second-order valence-corrected chi connectivity index (χ2v) is 3.00. The van der Waals surface area contributed by atoms with E-state index in [1.807, 2.05) is 6.07 Å². The molecule has 1 N–H and O–H groups in total. The van der Waals surface area contributed by atoms with Gasteiger partial charge in [0.25, 0.3) is 0 Å². The van der Waals surface area contributed by atoms with E-state index < -0.39 is 6.09 Å². The lowest BCUT2D eigenvalue weighted by atomic mass is 10.3. The van der Waals surface area contributed by atoms with Crippen molar-refractivity contribution in [1.82, 2.24) is 5.32 Å². The van der Waals surface area contributed by atoms with Gasteiger partial charge in [-0.2, -0.15) is 0 Å². The molecule has 1 aromatic rings. The minimum atomic E-state index is -0.619. The zero-order valence-corrected chi connectivity index (χ0v) is 8.97. The molecule has 0 aliphatic rings. The van der Waals surface area contributed by atoms with Gasteiger partial charge >= 0.3 is 6.09 Å². The molecule has 1 aromatic carbocycles. The van der Waals surface area contributed by atoms with Gasteiger partial charge in [0.05, 0.1) is 0 Å². The molecule has 0 aromatic heterocycles. The third-order valence-electron chi connectivity index (χ3n) is 1.77. The maximum atomic E-state index is 11.2. The molecular formula is C12H13NO3. The zero-order valence-electron chi connectivity index (χ0n) is 8.97. The van der Waals surface area contributed by atoms with Gasteiger partial charge in [-0.25, -0.2) is 4.79 Å². The van der Waals surface area contributed by atoms with E-state index >= 15 is 0 Å². The molecule has 4 heteroatoms. The van der Waals surface area contributed by atoms with Crippen LogP contribution >= 0.6 is 0 Å². The number of rotatable bonds is 4. The molecule has 0 atom stereocenters. The lowest BCUT2D eigenvalue weighted by Gasteiger charge is -2.02. The fraction of sp³-hybridized carbons (Fsp3) is 0.167. The Morgan fingerprint density at radius 1 is 1.31 bits per heavy atom. The van der Waals surface area contributed by atoms with Crippen LogP contribution in [0, 0.1) is 0 Å². The Balaban J connectivity index is 2.37. The predicted molar refractivity (Wildman–Crippen MR) is 60.0 cm³/mol. The number of carbonyl (C=O) groups excluding carboxylic acids is 2. The van der Waals surface area contributed by atoms with Crippen LogP contribution in [0.1, 0.15) is 13.3 Å². The molecule has 16 heavy (non-hydrogen) atoms. The fourth-order valence-electron chi connectivity index (χ4n) is 0.946. The number of ketones is 1. The topological polar surface area (TPSA) is 55.4 Å². The van der Waals surface area contributed by atoms with Gasteiger partial charge < -0.3 is 4.74 Å². The van der Waals surface area contributed by atoms with Crippen LogP contribution in [0.2, 0.25) is 0 Å². The number of hydrogen-bond donors (Lipinski definition) is 1. The first kappa shape index (κ1) is 12.0. The number of amides is 1. The van der Waals surface area contributed by atoms with Crippen LogP contribution in [0.15, 0.2) is 42.6 Å². The van der Waals surface area contributed by atoms with E-state index in [4.69, 9.17) is 4.74 Å². The number of allylic oxidation sites excluding steroid dienone is 1. The van der Waals surface area contributed by atoms with Crippen LogP contribution in [-0.2, 0) is 4.79 Å². The average Bonchev–Trinajstić information content (AvgIpc) is 2.30. The Morgan fingerprint density at radius 3 is 2.62 bits per heavy atom.